The number of anilines is 1. The Hall–Kier alpha value is -1.09. The average molecular weight is 184 g/mol. The molecule has 0 aliphatic carbocycles. The van der Waals surface area contributed by atoms with E-state index in [1.165, 1.54) is 0 Å². The Morgan fingerprint density at radius 3 is 3.08 bits per heavy atom. The van der Waals surface area contributed by atoms with Crippen molar-refractivity contribution >= 4 is 23.6 Å². The number of nitrogen functional groups attached to an aromatic ring is 1. The van der Waals surface area contributed by atoms with E-state index in [9.17, 15) is 0 Å². The van der Waals surface area contributed by atoms with E-state index in [0.717, 1.165) is 12.1 Å². The minimum absolute atomic E-state index is 0.294. The third-order valence-corrected chi connectivity index (χ3v) is 1.48. The summed E-state index contributed by atoms with van der Waals surface area (Å²) in [5.41, 5.74) is 6.19. The van der Waals surface area contributed by atoms with Crippen molar-refractivity contribution in [3.05, 3.63) is 24.0 Å². The van der Waals surface area contributed by atoms with Crippen LogP contribution in [0.25, 0.3) is 6.08 Å². The van der Waals surface area contributed by atoms with E-state index in [0.29, 0.717) is 11.8 Å². The van der Waals surface area contributed by atoms with Gasteiger partial charge < -0.3 is 5.73 Å². The first-order chi connectivity index (χ1) is 5.83. The maximum atomic E-state index is 5.49. The van der Waals surface area contributed by atoms with Crippen molar-refractivity contribution in [2.24, 2.45) is 0 Å². The van der Waals surface area contributed by atoms with Gasteiger partial charge in [-0.05, 0) is 18.6 Å². The zero-order chi connectivity index (χ0) is 8.81. The summed E-state index contributed by atoms with van der Waals surface area (Å²) in [7, 11) is 0. The van der Waals surface area contributed by atoms with Gasteiger partial charge in [-0.15, -0.1) is 11.6 Å². The zero-order valence-electron chi connectivity index (χ0n) is 6.57. The number of rotatable bonds is 3. The second-order valence-electron chi connectivity index (χ2n) is 2.22. The van der Waals surface area contributed by atoms with Gasteiger partial charge in [-0.2, -0.15) is 0 Å². The fourth-order valence-corrected chi connectivity index (χ4v) is 0.874. The van der Waals surface area contributed by atoms with Gasteiger partial charge in [0.05, 0.1) is 5.69 Å². The molecular weight excluding hydrogens is 174 g/mol. The van der Waals surface area contributed by atoms with E-state index in [1.807, 2.05) is 12.2 Å². The fraction of sp³-hybridized carbons (Fsp3) is 0.250. The molecule has 1 aromatic heterocycles. The number of aromatic nitrogens is 2. The van der Waals surface area contributed by atoms with E-state index in [1.54, 1.807) is 12.3 Å². The van der Waals surface area contributed by atoms with Crippen LogP contribution in [0.15, 0.2) is 18.3 Å². The van der Waals surface area contributed by atoms with Crippen LogP contribution in [0.1, 0.15) is 12.1 Å². The standard InChI is InChI=1S/C8H10ClN3/c9-5-2-1-3-7-4-6-11-8(10)12-7/h1,3-4,6H,2,5H2,(H2,10,11,12). The summed E-state index contributed by atoms with van der Waals surface area (Å²) in [4.78, 5) is 7.76. The van der Waals surface area contributed by atoms with Crippen molar-refractivity contribution in [1.82, 2.24) is 9.97 Å². The molecule has 64 valence electrons. The average Bonchev–Trinajstić information content (AvgIpc) is 2.05. The molecule has 0 saturated carbocycles. The van der Waals surface area contributed by atoms with Gasteiger partial charge >= 0.3 is 0 Å². The highest BCUT2D eigenvalue weighted by Gasteiger charge is 1.88. The largest absolute Gasteiger partial charge is 0.368 e. The van der Waals surface area contributed by atoms with Crippen molar-refractivity contribution in [3.8, 4) is 0 Å². The number of nitrogens with zero attached hydrogens (tertiary/aromatic N) is 2. The highest BCUT2D eigenvalue weighted by molar-refractivity contribution is 6.17. The minimum Gasteiger partial charge on any atom is -0.368 e. The molecule has 0 spiro atoms. The molecular formula is C8H10ClN3. The number of hydrogen-bond donors (Lipinski definition) is 1. The first-order valence-corrected chi connectivity index (χ1v) is 4.17. The molecule has 12 heavy (non-hydrogen) atoms. The summed E-state index contributed by atoms with van der Waals surface area (Å²) >= 11 is 5.49. The van der Waals surface area contributed by atoms with Crippen LogP contribution >= 0.6 is 11.6 Å². The predicted octanol–water partition coefficient (Wildman–Crippen LogP) is 1.70. The summed E-state index contributed by atoms with van der Waals surface area (Å²) in [6.07, 6.45) is 6.29. The molecule has 0 aromatic carbocycles. The lowest BCUT2D eigenvalue weighted by Crippen LogP contribution is -1.94. The van der Waals surface area contributed by atoms with Crippen LogP contribution in [0.5, 0.6) is 0 Å². The molecule has 1 aromatic rings. The molecule has 3 nitrogen and oxygen atoms in total. The molecule has 0 radical (unpaired) electrons. The highest BCUT2D eigenvalue weighted by atomic mass is 35.5. The molecule has 0 bridgehead atoms. The van der Waals surface area contributed by atoms with Gasteiger partial charge in [0.25, 0.3) is 0 Å². The molecule has 4 heteroatoms. The maximum absolute atomic E-state index is 5.49. The molecule has 0 aliphatic rings. The summed E-state index contributed by atoms with van der Waals surface area (Å²) in [5, 5.41) is 0. The van der Waals surface area contributed by atoms with Gasteiger partial charge in [0, 0.05) is 12.1 Å². The number of alkyl halides is 1. The van der Waals surface area contributed by atoms with Gasteiger partial charge in [0.2, 0.25) is 5.95 Å². The van der Waals surface area contributed by atoms with Crippen LogP contribution in [0.3, 0.4) is 0 Å². The smallest absolute Gasteiger partial charge is 0.220 e. The van der Waals surface area contributed by atoms with Gasteiger partial charge in [-0.25, -0.2) is 9.97 Å². The lowest BCUT2D eigenvalue weighted by Gasteiger charge is -1.92. The van der Waals surface area contributed by atoms with Gasteiger partial charge in [0.15, 0.2) is 0 Å². The molecule has 0 atom stereocenters. The lowest BCUT2D eigenvalue weighted by atomic mass is 10.3. The Balaban J connectivity index is 2.63. The Kier molecular flexibility index (Phi) is 3.54. The lowest BCUT2D eigenvalue weighted by molar-refractivity contribution is 1.16. The van der Waals surface area contributed by atoms with Gasteiger partial charge in [0.1, 0.15) is 0 Å². The van der Waals surface area contributed by atoms with Crippen LogP contribution in [-0.4, -0.2) is 15.8 Å². The number of nitrogens with two attached hydrogens (primary N) is 1. The Morgan fingerprint density at radius 1 is 1.58 bits per heavy atom. The monoisotopic (exact) mass is 183 g/mol. The van der Waals surface area contributed by atoms with Crippen LogP contribution in [0, 0.1) is 0 Å². The summed E-state index contributed by atoms with van der Waals surface area (Å²) < 4.78 is 0. The van der Waals surface area contributed by atoms with Crippen molar-refractivity contribution in [3.63, 3.8) is 0 Å². The molecule has 0 unspecified atom stereocenters. The second kappa shape index (κ2) is 4.72. The molecule has 1 rings (SSSR count). The van der Waals surface area contributed by atoms with Crippen LogP contribution < -0.4 is 5.73 Å². The normalized spacial score (nSPS) is 10.8. The summed E-state index contributed by atoms with van der Waals surface area (Å²) in [6, 6.07) is 1.79. The first-order valence-electron chi connectivity index (χ1n) is 3.64. The van der Waals surface area contributed by atoms with E-state index < -0.39 is 0 Å². The topological polar surface area (TPSA) is 51.8 Å². The molecule has 0 saturated heterocycles. The van der Waals surface area contributed by atoms with E-state index >= 15 is 0 Å². The van der Waals surface area contributed by atoms with Crippen LogP contribution in [0.2, 0.25) is 0 Å². The fourth-order valence-electron chi connectivity index (χ4n) is 0.748. The van der Waals surface area contributed by atoms with Crippen molar-refractivity contribution in [1.29, 1.82) is 0 Å². The molecule has 0 amide bonds. The van der Waals surface area contributed by atoms with Crippen molar-refractivity contribution < 1.29 is 0 Å². The van der Waals surface area contributed by atoms with E-state index in [2.05, 4.69) is 9.97 Å². The third kappa shape index (κ3) is 2.88. The highest BCUT2D eigenvalue weighted by Crippen LogP contribution is 2.00. The molecule has 1 heterocycles. The minimum atomic E-state index is 0.294. The first kappa shape index (κ1) is 9.00. The number of allylic oxidation sites excluding steroid dienone is 1. The van der Waals surface area contributed by atoms with E-state index in [-0.39, 0.29) is 0 Å². The Bertz CT molecular complexity index is 273. The van der Waals surface area contributed by atoms with Crippen molar-refractivity contribution in [2.45, 2.75) is 6.42 Å². The second-order valence-corrected chi connectivity index (χ2v) is 2.60. The van der Waals surface area contributed by atoms with Crippen LogP contribution in [-0.2, 0) is 0 Å². The third-order valence-electron chi connectivity index (χ3n) is 1.26. The van der Waals surface area contributed by atoms with Crippen LogP contribution in [0.4, 0.5) is 5.95 Å². The maximum Gasteiger partial charge on any atom is 0.220 e. The SMILES string of the molecule is Nc1nccc(C=CCCCl)n1. The summed E-state index contributed by atoms with van der Waals surface area (Å²) in [6.45, 7) is 0. The Labute approximate surface area is 76.3 Å². The molecule has 0 fully saturated rings. The number of halogens is 1. The van der Waals surface area contributed by atoms with Gasteiger partial charge in [-0.1, -0.05) is 6.08 Å². The summed E-state index contributed by atoms with van der Waals surface area (Å²) in [5.74, 6) is 0.917. The van der Waals surface area contributed by atoms with E-state index in [4.69, 9.17) is 17.3 Å². The van der Waals surface area contributed by atoms with Gasteiger partial charge in [-0.3, -0.25) is 0 Å². The predicted molar refractivity (Wildman–Crippen MR) is 50.8 cm³/mol. The molecule has 2 N–H and O–H groups in total. The number of hydrogen-bond acceptors (Lipinski definition) is 3. The zero-order valence-corrected chi connectivity index (χ0v) is 7.33. The molecule has 0 aliphatic heterocycles. The quantitative estimate of drug-likeness (QED) is 0.726. The Morgan fingerprint density at radius 2 is 2.42 bits per heavy atom. The van der Waals surface area contributed by atoms with Crippen molar-refractivity contribution in [2.75, 3.05) is 11.6 Å².